The molecule has 3 nitrogen and oxygen atoms in total. The molecule has 1 aliphatic rings. The van der Waals surface area contributed by atoms with Crippen molar-refractivity contribution in [1.82, 2.24) is 9.13 Å². The number of para-hydroxylation sites is 3. The molecule has 0 bridgehead atoms. The quantitative estimate of drug-likeness (QED) is 0.148. The SMILES string of the molecule is C=C(CC=Cc1cc2cc(-c3ccccc3)ccc2n1-c1ccccc1)N(c1ccccc1)c1ccc2c(c1)c1c(n2-c2ccccc2)C=CC=CC1. The first kappa shape index (κ1) is 32.1. The lowest BCUT2D eigenvalue weighted by Crippen LogP contribution is -2.15. The van der Waals surface area contributed by atoms with E-state index in [9.17, 15) is 0 Å². The maximum absolute atomic E-state index is 4.68. The van der Waals surface area contributed by atoms with E-state index >= 15 is 0 Å². The molecule has 0 atom stereocenters. The molecule has 0 fully saturated rings. The molecule has 2 aromatic heterocycles. The molecule has 0 N–H and O–H groups in total. The summed E-state index contributed by atoms with van der Waals surface area (Å²) < 4.78 is 4.73. The number of nitrogens with zero attached hydrogens (tertiary/aromatic N) is 3. The van der Waals surface area contributed by atoms with Crippen molar-refractivity contribution in [3.63, 3.8) is 0 Å². The van der Waals surface area contributed by atoms with E-state index in [-0.39, 0.29) is 0 Å². The van der Waals surface area contributed by atoms with Gasteiger partial charge in [-0.2, -0.15) is 0 Å². The van der Waals surface area contributed by atoms with Gasteiger partial charge >= 0.3 is 0 Å². The zero-order chi connectivity index (χ0) is 35.6. The summed E-state index contributed by atoms with van der Waals surface area (Å²) in [4.78, 5) is 2.30. The highest BCUT2D eigenvalue weighted by atomic mass is 15.1. The first-order valence-corrected chi connectivity index (χ1v) is 18.2. The van der Waals surface area contributed by atoms with Crippen molar-refractivity contribution in [3.8, 4) is 22.5 Å². The summed E-state index contributed by atoms with van der Waals surface area (Å²) in [5, 5.41) is 2.46. The second kappa shape index (κ2) is 14.1. The minimum atomic E-state index is 0.674. The van der Waals surface area contributed by atoms with Crippen LogP contribution in [0.15, 0.2) is 200 Å². The van der Waals surface area contributed by atoms with Crippen molar-refractivity contribution >= 4 is 45.3 Å². The van der Waals surface area contributed by atoms with E-state index < -0.39 is 0 Å². The van der Waals surface area contributed by atoms with Crippen molar-refractivity contribution in [2.45, 2.75) is 12.8 Å². The third-order valence-electron chi connectivity index (χ3n) is 10.1. The minimum absolute atomic E-state index is 0.674. The molecular weight excluding hydrogens is 643 g/mol. The van der Waals surface area contributed by atoms with E-state index in [1.165, 1.54) is 44.2 Å². The second-order valence-corrected chi connectivity index (χ2v) is 13.5. The lowest BCUT2D eigenvalue weighted by molar-refractivity contribution is 1.08. The molecule has 53 heavy (non-hydrogen) atoms. The maximum atomic E-state index is 4.68. The van der Waals surface area contributed by atoms with Crippen molar-refractivity contribution < 1.29 is 0 Å². The largest absolute Gasteiger partial charge is 0.314 e. The molecule has 3 heteroatoms. The minimum Gasteiger partial charge on any atom is -0.314 e. The number of aromatic nitrogens is 2. The number of hydrogen-bond acceptors (Lipinski definition) is 1. The van der Waals surface area contributed by atoms with E-state index in [4.69, 9.17) is 0 Å². The van der Waals surface area contributed by atoms with Crippen LogP contribution >= 0.6 is 0 Å². The molecule has 6 aromatic carbocycles. The molecule has 0 amide bonds. The fourth-order valence-electron chi connectivity index (χ4n) is 7.69. The van der Waals surface area contributed by atoms with Crippen LogP contribution in [0, 0.1) is 0 Å². The fourth-order valence-corrected chi connectivity index (χ4v) is 7.69. The maximum Gasteiger partial charge on any atom is 0.0539 e. The summed E-state index contributed by atoms with van der Waals surface area (Å²) in [6.07, 6.45) is 14.8. The molecule has 0 unspecified atom stereocenters. The zero-order valence-corrected chi connectivity index (χ0v) is 29.5. The summed E-state index contributed by atoms with van der Waals surface area (Å²) in [6.45, 7) is 4.68. The highest BCUT2D eigenvalue weighted by Crippen LogP contribution is 2.38. The first-order chi connectivity index (χ1) is 26.2. The van der Waals surface area contributed by atoms with Crippen molar-refractivity contribution in [3.05, 3.63) is 217 Å². The zero-order valence-electron chi connectivity index (χ0n) is 29.5. The van der Waals surface area contributed by atoms with Crippen LogP contribution in [-0.4, -0.2) is 9.13 Å². The van der Waals surface area contributed by atoms with Crippen LogP contribution in [0.2, 0.25) is 0 Å². The summed E-state index contributed by atoms with van der Waals surface area (Å²) >= 11 is 0. The topological polar surface area (TPSA) is 13.1 Å². The molecule has 0 saturated heterocycles. The van der Waals surface area contributed by atoms with Gasteiger partial charge in [-0.3, -0.25) is 0 Å². The van der Waals surface area contributed by atoms with Gasteiger partial charge in [0, 0.05) is 51.3 Å². The molecule has 0 spiro atoms. The normalized spacial score (nSPS) is 12.4. The predicted octanol–water partition coefficient (Wildman–Crippen LogP) is 13.1. The number of anilines is 2. The van der Waals surface area contributed by atoms with Crippen molar-refractivity contribution in [2.75, 3.05) is 4.90 Å². The van der Waals surface area contributed by atoms with Crippen molar-refractivity contribution in [1.29, 1.82) is 0 Å². The molecule has 1 aliphatic carbocycles. The Labute approximate surface area is 311 Å². The molecule has 8 aromatic rings. The Balaban J connectivity index is 1.09. The summed E-state index contributed by atoms with van der Waals surface area (Å²) in [5.41, 5.74) is 14.0. The van der Waals surface area contributed by atoms with Gasteiger partial charge in [0.2, 0.25) is 0 Å². The standard InChI is InChI=1S/C50H39N3/c1-37(18-17-27-44-35-40-34-39(38-19-7-2-8-20-38)30-32-48(40)52(44)42-23-11-4-12-24-42)51(41-21-9-3-10-22-41)45-31-33-50-47(36-45)46-28-15-6-16-29-49(46)53(50)43-25-13-5-14-26-43/h2-17,19-27,29-36H,1,18,28H2. The Morgan fingerprint density at radius 3 is 2.00 bits per heavy atom. The summed E-state index contributed by atoms with van der Waals surface area (Å²) in [7, 11) is 0. The van der Waals surface area contributed by atoms with Crippen LogP contribution in [0.25, 0.3) is 56.5 Å². The molecule has 0 aliphatic heterocycles. The molecule has 2 heterocycles. The van der Waals surface area contributed by atoms with Crippen LogP contribution in [0.1, 0.15) is 23.4 Å². The van der Waals surface area contributed by atoms with E-state index in [0.717, 1.165) is 40.6 Å². The number of hydrogen-bond donors (Lipinski definition) is 0. The predicted molar refractivity (Wildman–Crippen MR) is 225 cm³/mol. The molecule has 0 radical (unpaired) electrons. The Morgan fingerprint density at radius 2 is 1.26 bits per heavy atom. The lowest BCUT2D eigenvalue weighted by Gasteiger charge is -2.27. The number of fused-ring (bicyclic) bond motifs is 4. The van der Waals surface area contributed by atoms with Crippen LogP contribution in [-0.2, 0) is 6.42 Å². The van der Waals surface area contributed by atoms with Gasteiger partial charge in [-0.15, -0.1) is 0 Å². The smallest absolute Gasteiger partial charge is 0.0539 e. The van der Waals surface area contributed by atoms with Gasteiger partial charge in [0.05, 0.1) is 16.7 Å². The number of rotatable bonds is 9. The van der Waals surface area contributed by atoms with Crippen LogP contribution in [0.3, 0.4) is 0 Å². The van der Waals surface area contributed by atoms with E-state index in [1.807, 2.05) is 0 Å². The van der Waals surface area contributed by atoms with E-state index in [2.05, 4.69) is 221 Å². The molecule has 254 valence electrons. The van der Waals surface area contributed by atoms with Gasteiger partial charge in [0.1, 0.15) is 0 Å². The van der Waals surface area contributed by atoms with E-state index in [1.54, 1.807) is 0 Å². The molecular formula is C50H39N3. The molecule has 9 rings (SSSR count). The van der Waals surface area contributed by atoms with Gasteiger partial charge < -0.3 is 14.0 Å². The fraction of sp³-hybridized carbons (Fsp3) is 0.0400. The van der Waals surface area contributed by atoms with Crippen LogP contribution in [0.5, 0.6) is 0 Å². The second-order valence-electron chi connectivity index (χ2n) is 13.5. The van der Waals surface area contributed by atoms with Crippen LogP contribution in [0.4, 0.5) is 11.4 Å². The third kappa shape index (κ3) is 6.13. The Morgan fingerprint density at radius 1 is 0.604 bits per heavy atom. The highest BCUT2D eigenvalue weighted by Gasteiger charge is 2.20. The molecule has 0 saturated carbocycles. The summed E-state index contributed by atoms with van der Waals surface area (Å²) in [6, 6.07) is 58.4. The van der Waals surface area contributed by atoms with Gasteiger partial charge in [0.15, 0.2) is 0 Å². The van der Waals surface area contributed by atoms with E-state index in [0.29, 0.717) is 6.42 Å². The van der Waals surface area contributed by atoms with Gasteiger partial charge in [0.25, 0.3) is 0 Å². The average molecular weight is 682 g/mol. The Kier molecular flexibility index (Phi) is 8.51. The van der Waals surface area contributed by atoms with Crippen molar-refractivity contribution in [2.24, 2.45) is 0 Å². The van der Waals surface area contributed by atoms with Crippen LogP contribution < -0.4 is 4.90 Å². The van der Waals surface area contributed by atoms with Gasteiger partial charge in [-0.05, 0) is 108 Å². The average Bonchev–Trinajstić information content (AvgIpc) is 3.62. The lowest BCUT2D eigenvalue weighted by atomic mass is 10.0. The number of benzene rings is 6. The Bertz CT molecular complexity index is 2660. The number of allylic oxidation sites excluding steroid dienone is 4. The monoisotopic (exact) mass is 681 g/mol. The summed E-state index contributed by atoms with van der Waals surface area (Å²) in [5.74, 6) is 0. The van der Waals surface area contributed by atoms with Gasteiger partial charge in [-0.25, -0.2) is 0 Å². The highest BCUT2D eigenvalue weighted by molar-refractivity contribution is 5.94. The Hall–Kier alpha value is -6.84. The van der Waals surface area contributed by atoms with Gasteiger partial charge in [-0.1, -0.05) is 122 Å². The first-order valence-electron chi connectivity index (χ1n) is 18.2. The third-order valence-corrected chi connectivity index (χ3v) is 10.1.